The summed E-state index contributed by atoms with van der Waals surface area (Å²) in [5, 5.41) is 8.70. The van der Waals surface area contributed by atoms with Crippen LogP contribution in [0, 0.1) is 18.7 Å². The molecule has 19 heavy (non-hydrogen) atoms. The number of sulfonamides is 1. The molecule has 2 rings (SSSR count). The molecule has 5 nitrogen and oxygen atoms in total. The lowest BCUT2D eigenvalue weighted by molar-refractivity contribution is -0.145. The van der Waals surface area contributed by atoms with E-state index in [2.05, 4.69) is 4.72 Å². The normalized spacial score (nSPS) is 22.8. The number of carboxylic acid groups (broad SMARTS) is 1. The van der Waals surface area contributed by atoms with E-state index in [1.54, 1.807) is 6.92 Å². The Kier molecular flexibility index (Phi) is 3.60. The van der Waals surface area contributed by atoms with E-state index >= 15 is 0 Å². The van der Waals surface area contributed by atoms with Crippen molar-refractivity contribution < 1.29 is 22.7 Å². The van der Waals surface area contributed by atoms with Crippen molar-refractivity contribution in [3.63, 3.8) is 0 Å². The smallest absolute Gasteiger partial charge is 0.306 e. The maximum atomic E-state index is 13.6. The van der Waals surface area contributed by atoms with Gasteiger partial charge in [0.05, 0.1) is 5.92 Å². The number of rotatable bonds is 4. The number of benzene rings is 1. The molecule has 1 aromatic carbocycles. The molecule has 7 heteroatoms. The van der Waals surface area contributed by atoms with E-state index in [0.29, 0.717) is 5.56 Å². The molecule has 1 aliphatic rings. The average Bonchev–Trinajstić information content (AvgIpc) is 2.21. The third-order valence-electron chi connectivity index (χ3n) is 3.19. The largest absolute Gasteiger partial charge is 0.481 e. The molecule has 0 aliphatic heterocycles. The monoisotopic (exact) mass is 287 g/mol. The van der Waals surface area contributed by atoms with Gasteiger partial charge >= 0.3 is 5.97 Å². The van der Waals surface area contributed by atoms with E-state index in [0.717, 1.165) is 6.07 Å². The van der Waals surface area contributed by atoms with E-state index in [1.165, 1.54) is 12.1 Å². The zero-order valence-corrected chi connectivity index (χ0v) is 11.1. The van der Waals surface area contributed by atoms with Crippen molar-refractivity contribution in [2.24, 2.45) is 5.92 Å². The highest BCUT2D eigenvalue weighted by atomic mass is 32.2. The highest BCUT2D eigenvalue weighted by Crippen LogP contribution is 2.29. The fraction of sp³-hybridized carbons (Fsp3) is 0.417. The van der Waals surface area contributed by atoms with Crippen LogP contribution in [0.25, 0.3) is 0 Å². The van der Waals surface area contributed by atoms with Crippen molar-refractivity contribution in [3.8, 4) is 0 Å². The van der Waals surface area contributed by atoms with Crippen molar-refractivity contribution in [1.29, 1.82) is 0 Å². The summed E-state index contributed by atoms with van der Waals surface area (Å²) in [7, 11) is -3.93. The van der Waals surface area contributed by atoms with Gasteiger partial charge in [0.15, 0.2) is 0 Å². The second-order valence-corrected chi connectivity index (χ2v) is 6.44. The second kappa shape index (κ2) is 4.90. The van der Waals surface area contributed by atoms with Gasteiger partial charge in [-0.1, -0.05) is 6.07 Å². The number of aryl methyl sites for hydroxylation is 1. The molecule has 0 atom stereocenters. The first kappa shape index (κ1) is 14.0. The molecule has 104 valence electrons. The molecule has 0 aromatic heterocycles. The van der Waals surface area contributed by atoms with Crippen LogP contribution in [0.15, 0.2) is 23.1 Å². The number of carbonyl (C=O) groups is 1. The van der Waals surface area contributed by atoms with Crippen molar-refractivity contribution >= 4 is 16.0 Å². The van der Waals surface area contributed by atoms with E-state index in [4.69, 9.17) is 5.11 Å². The lowest BCUT2D eigenvalue weighted by Gasteiger charge is -2.32. The molecule has 0 radical (unpaired) electrons. The molecule has 0 saturated heterocycles. The summed E-state index contributed by atoms with van der Waals surface area (Å²) in [6, 6.07) is 3.43. The van der Waals surface area contributed by atoms with Crippen LogP contribution in [-0.2, 0) is 14.8 Å². The Bertz CT molecular complexity index is 608. The third kappa shape index (κ3) is 2.93. The summed E-state index contributed by atoms with van der Waals surface area (Å²) in [5.74, 6) is -2.26. The van der Waals surface area contributed by atoms with E-state index in [9.17, 15) is 17.6 Å². The standard InChI is InChI=1S/C12H14FNO4S/c1-7-2-3-11(10(13)4-7)19(17,18)14-9-5-8(6-9)12(15)16/h2-4,8-9,14H,5-6H2,1H3,(H,15,16). The molecule has 1 saturated carbocycles. The Morgan fingerprint density at radius 2 is 2.05 bits per heavy atom. The summed E-state index contributed by atoms with van der Waals surface area (Å²) in [5.41, 5.74) is 0.631. The van der Waals surface area contributed by atoms with E-state index in [1.807, 2.05) is 0 Å². The van der Waals surface area contributed by atoms with Gasteiger partial charge in [-0.2, -0.15) is 0 Å². The van der Waals surface area contributed by atoms with Crippen LogP contribution in [0.4, 0.5) is 4.39 Å². The van der Waals surface area contributed by atoms with Crippen molar-refractivity contribution in [2.75, 3.05) is 0 Å². The SMILES string of the molecule is Cc1ccc(S(=O)(=O)NC2CC(C(=O)O)C2)c(F)c1. The molecule has 1 fully saturated rings. The van der Waals surface area contributed by atoms with E-state index < -0.39 is 38.7 Å². The van der Waals surface area contributed by atoms with Crippen LogP contribution in [0.5, 0.6) is 0 Å². The molecule has 0 unspecified atom stereocenters. The van der Waals surface area contributed by atoms with Gasteiger partial charge in [-0.3, -0.25) is 4.79 Å². The molecule has 2 N–H and O–H groups in total. The Morgan fingerprint density at radius 1 is 1.42 bits per heavy atom. The Morgan fingerprint density at radius 3 is 2.58 bits per heavy atom. The fourth-order valence-electron chi connectivity index (χ4n) is 2.02. The molecule has 0 spiro atoms. The van der Waals surface area contributed by atoms with Crippen LogP contribution in [-0.4, -0.2) is 25.5 Å². The second-order valence-electron chi connectivity index (χ2n) is 4.76. The van der Waals surface area contributed by atoms with Crippen molar-refractivity contribution in [1.82, 2.24) is 4.72 Å². The van der Waals surface area contributed by atoms with Crippen LogP contribution >= 0.6 is 0 Å². The zero-order valence-electron chi connectivity index (χ0n) is 10.3. The molecule has 1 aliphatic carbocycles. The number of halogens is 1. The highest BCUT2D eigenvalue weighted by molar-refractivity contribution is 7.89. The van der Waals surface area contributed by atoms with Crippen molar-refractivity contribution in [3.05, 3.63) is 29.6 Å². The van der Waals surface area contributed by atoms with Gasteiger partial charge in [0, 0.05) is 6.04 Å². The number of aliphatic carboxylic acids is 1. The van der Waals surface area contributed by atoms with E-state index in [-0.39, 0.29) is 12.8 Å². The van der Waals surface area contributed by atoms with Crippen LogP contribution in [0.2, 0.25) is 0 Å². The quantitative estimate of drug-likeness (QED) is 0.873. The Balaban J connectivity index is 2.09. The summed E-state index contributed by atoms with van der Waals surface area (Å²) < 4.78 is 39.8. The Hall–Kier alpha value is -1.47. The molecule has 0 bridgehead atoms. The first-order chi connectivity index (χ1) is 8.79. The first-order valence-electron chi connectivity index (χ1n) is 5.81. The molecule has 0 amide bonds. The minimum absolute atomic E-state index is 0.238. The topological polar surface area (TPSA) is 83.5 Å². The average molecular weight is 287 g/mol. The maximum absolute atomic E-state index is 13.6. The van der Waals surface area contributed by atoms with Gasteiger partial charge in [-0.25, -0.2) is 17.5 Å². The third-order valence-corrected chi connectivity index (χ3v) is 4.74. The molecule has 1 aromatic rings. The summed E-state index contributed by atoms with van der Waals surface area (Å²) >= 11 is 0. The Labute approximate surface area is 110 Å². The summed E-state index contributed by atoms with van der Waals surface area (Å²) in [4.78, 5) is 10.2. The highest BCUT2D eigenvalue weighted by Gasteiger charge is 2.37. The van der Waals surface area contributed by atoms with Gasteiger partial charge < -0.3 is 5.11 Å². The first-order valence-corrected chi connectivity index (χ1v) is 7.29. The predicted octanol–water partition coefficient (Wildman–Crippen LogP) is 1.28. The lowest BCUT2D eigenvalue weighted by Crippen LogP contribution is -2.46. The van der Waals surface area contributed by atoms with Crippen LogP contribution < -0.4 is 4.72 Å². The van der Waals surface area contributed by atoms with Gasteiger partial charge in [0.25, 0.3) is 0 Å². The van der Waals surface area contributed by atoms with Gasteiger partial charge in [-0.05, 0) is 37.5 Å². The van der Waals surface area contributed by atoms with Gasteiger partial charge in [0.1, 0.15) is 10.7 Å². The fourth-order valence-corrected chi connectivity index (χ4v) is 3.34. The zero-order chi connectivity index (χ0) is 14.2. The van der Waals surface area contributed by atoms with Gasteiger partial charge in [-0.15, -0.1) is 0 Å². The number of carboxylic acids is 1. The minimum atomic E-state index is -3.93. The minimum Gasteiger partial charge on any atom is -0.481 e. The maximum Gasteiger partial charge on any atom is 0.306 e. The number of nitrogens with one attached hydrogen (secondary N) is 1. The predicted molar refractivity (Wildman–Crippen MR) is 65.6 cm³/mol. The van der Waals surface area contributed by atoms with Gasteiger partial charge in [0.2, 0.25) is 10.0 Å². The molecule has 0 heterocycles. The number of hydrogen-bond donors (Lipinski definition) is 2. The summed E-state index contributed by atoms with van der Waals surface area (Å²) in [6.07, 6.45) is 0.476. The number of hydrogen-bond acceptors (Lipinski definition) is 3. The molecular weight excluding hydrogens is 273 g/mol. The molecular formula is C12H14FNO4S. The van der Waals surface area contributed by atoms with Crippen LogP contribution in [0.3, 0.4) is 0 Å². The van der Waals surface area contributed by atoms with Crippen molar-refractivity contribution in [2.45, 2.75) is 30.7 Å². The van der Waals surface area contributed by atoms with Crippen LogP contribution in [0.1, 0.15) is 18.4 Å². The summed E-state index contributed by atoms with van der Waals surface area (Å²) in [6.45, 7) is 1.66. The lowest BCUT2D eigenvalue weighted by atomic mass is 9.81.